The van der Waals surface area contributed by atoms with E-state index in [1.54, 1.807) is 24.3 Å². The highest BCUT2D eigenvalue weighted by Gasteiger charge is 2.47. The molecule has 0 nitrogen and oxygen atoms in total. The number of benzene rings is 4. The lowest BCUT2D eigenvalue weighted by molar-refractivity contribution is 0.627. The molecule has 0 radical (unpaired) electrons. The molecule has 4 aromatic rings. The van der Waals surface area contributed by atoms with Gasteiger partial charge in [-0.3, -0.25) is 0 Å². The third kappa shape index (κ3) is 3.84. The van der Waals surface area contributed by atoms with E-state index >= 15 is 0 Å². The average Bonchev–Trinajstić information content (AvgIpc) is 3.41. The Morgan fingerprint density at radius 1 is 0.541 bits per heavy atom. The Balaban J connectivity index is 1.44. The molecule has 2 unspecified atom stereocenters. The number of hydrogen-bond acceptors (Lipinski definition) is 0. The number of hydrogen-bond donors (Lipinski definition) is 0. The van der Waals surface area contributed by atoms with Crippen molar-refractivity contribution >= 4 is 20.2 Å². The van der Waals surface area contributed by atoms with E-state index in [0.29, 0.717) is 11.1 Å². The predicted molar refractivity (Wildman–Crippen MR) is 154 cm³/mol. The predicted octanol–water partition coefficient (Wildman–Crippen LogP) is 9.79. The topological polar surface area (TPSA) is 0 Å². The molecule has 0 saturated carbocycles. The second-order valence-corrected chi connectivity index (χ2v) is 15.9. The van der Waals surface area contributed by atoms with Gasteiger partial charge in [0.1, 0.15) is 11.6 Å². The summed E-state index contributed by atoms with van der Waals surface area (Å²) in [4.78, 5) is 0. The maximum atomic E-state index is 13.6. The van der Waals surface area contributed by atoms with Gasteiger partial charge in [0.05, 0.1) is 8.07 Å². The molecular formula is C34H30F2Si. The molecule has 3 heteroatoms. The van der Waals surface area contributed by atoms with E-state index in [1.807, 2.05) is 24.3 Å². The fourth-order valence-corrected chi connectivity index (χ4v) is 12.0. The van der Waals surface area contributed by atoms with Gasteiger partial charge in [-0.1, -0.05) is 97.1 Å². The molecule has 2 atom stereocenters. The van der Waals surface area contributed by atoms with Gasteiger partial charge in [-0.15, -0.1) is 0 Å². The minimum Gasteiger partial charge on any atom is -0.207 e. The molecule has 184 valence electrons. The fraction of sp³-hybridized carbons (Fsp3) is 0.176. The van der Waals surface area contributed by atoms with Crippen molar-refractivity contribution in [2.75, 3.05) is 0 Å². The Morgan fingerprint density at radius 3 is 1.30 bits per heavy atom. The summed E-state index contributed by atoms with van der Waals surface area (Å²) in [5, 5.41) is 0. The number of rotatable bonds is 4. The van der Waals surface area contributed by atoms with Gasteiger partial charge in [-0.2, -0.15) is 0 Å². The summed E-state index contributed by atoms with van der Waals surface area (Å²) >= 11 is 0. The van der Waals surface area contributed by atoms with Gasteiger partial charge in [0.15, 0.2) is 0 Å². The van der Waals surface area contributed by atoms with Crippen molar-refractivity contribution in [1.82, 2.24) is 0 Å². The lowest BCUT2D eigenvalue weighted by Gasteiger charge is -2.39. The third-order valence-electron chi connectivity index (χ3n) is 8.35. The summed E-state index contributed by atoms with van der Waals surface area (Å²) in [5.41, 5.74) is 13.4. The molecule has 6 rings (SSSR count). The second kappa shape index (κ2) is 8.78. The Bertz CT molecular complexity index is 1450. The molecule has 0 aliphatic heterocycles. The molecule has 0 saturated heterocycles. The first-order chi connectivity index (χ1) is 17.8. The molecule has 0 aromatic heterocycles. The minimum absolute atomic E-state index is 0.211. The summed E-state index contributed by atoms with van der Waals surface area (Å²) in [6.45, 7) is 9.60. The fourth-order valence-electron chi connectivity index (χ4n) is 7.01. The van der Waals surface area contributed by atoms with E-state index in [-0.39, 0.29) is 11.6 Å². The zero-order valence-electron chi connectivity index (χ0n) is 21.6. The average molecular weight is 505 g/mol. The first-order valence-electron chi connectivity index (χ1n) is 12.9. The van der Waals surface area contributed by atoms with Crippen molar-refractivity contribution in [3.8, 4) is 22.3 Å². The van der Waals surface area contributed by atoms with Crippen LogP contribution in [0.2, 0.25) is 13.1 Å². The first kappa shape index (κ1) is 23.8. The molecule has 0 spiro atoms. The molecular weight excluding hydrogens is 474 g/mol. The monoisotopic (exact) mass is 504 g/mol. The molecule has 2 aliphatic rings. The first-order valence-corrected chi connectivity index (χ1v) is 16.1. The Kier molecular flexibility index (Phi) is 5.65. The summed E-state index contributed by atoms with van der Waals surface area (Å²) in [7, 11) is -1.99. The summed E-state index contributed by atoms with van der Waals surface area (Å²) in [5.74, 6) is -0.423. The maximum absolute atomic E-state index is 13.6. The van der Waals surface area contributed by atoms with Crippen LogP contribution in [0.25, 0.3) is 34.4 Å². The van der Waals surface area contributed by atoms with Gasteiger partial charge in [-0.25, -0.2) is 8.78 Å². The zero-order valence-corrected chi connectivity index (χ0v) is 22.6. The van der Waals surface area contributed by atoms with Crippen LogP contribution in [-0.4, -0.2) is 8.07 Å². The van der Waals surface area contributed by atoms with E-state index in [0.717, 1.165) is 11.1 Å². The van der Waals surface area contributed by atoms with Crippen molar-refractivity contribution in [2.24, 2.45) is 0 Å². The van der Waals surface area contributed by atoms with Crippen LogP contribution in [0.15, 0.2) is 96.1 Å². The molecule has 0 fully saturated rings. The second-order valence-electron chi connectivity index (χ2n) is 11.1. The summed E-state index contributed by atoms with van der Waals surface area (Å²) < 4.78 is 27.2. The highest BCUT2D eigenvalue weighted by molar-refractivity contribution is 6.81. The SMILES string of the molecule is CC1=Cc2c(-c3ccc(F)cc3)cccc2C1[Si](C)(C)C1C(C)=Cc2c(-c3ccc(F)cc3)cccc21. The number of halogens is 2. The van der Waals surface area contributed by atoms with Gasteiger partial charge in [-0.05, 0) is 82.6 Å². The van der Waals surface area contributed by atoms with Crippen molar-refractivity contribution in [2.45, 2.75) is 38.0 Å². The summed E-state index contributed by atoms with van der Waals surface area (Å²) in [6.07, 6.45) is 4.72. The standard InChI is InChI=1S/C34H30F2Si/c1-21-19-31-27(23-11-15-25(35)16-12-23)7-5-9-29(31)33(21)37(3,4)34-22(2)20-32-28(8-6-10-30(32)34)24-13-17-26(36)18-14-24/h5-20,33-34H,1-4H3. The van der Waals surface area contributed by atoms with Gasteiger partial charge >= 0.3 is 0 Å². The molecule has 37 heavy (non-hydrogen) atoms. The van der Waals surface area contributed by atoms with Gasteiger partial charge in [0.2, 0.25) is 0 Å². The van der Waals surface area contributed by atoms with Crippen LogP contribution in [0.1, 0.15) is 47.2 Å². The molecule has 2 aliphatic carbocycles. The van der Waals surface area contributed by atoms with Crippen molar-refractivity contribution in [3.63, 3.8) is 0 Å². The number of allylic oxidation sites excluding steroid dienone is 2. The van der Waals surface area contributed by atoms with Crippen molar-refractivity contribution < 1.29 is 8.78 Å². The highest BCUT2D eigenvalue weighted by atomic mass is 28.3. The Hall–Kier alpha value is -3.56. The normalized spacial score (nSPS) is 18.3. The molecule has 0 N–H and O–H groups in total. The van der Waals surface area contributed by atoms with Crippen LogP contribution < -0.4 is 0 Å². The largest absolute Gasteiger partial charge is 0.207 e. The van der Waals surface area contributed by atoms with Crippen molar-refractivity contribution in [3.05, 3.63) is 130 Å². The van der Waals surface area contributed by atoms with Crippen LogP contribution in [0.4, 0.5) is 8.78 Å². The summed E-state index contributed by atoms with van der Waals surface area (Å²) in [6, 6.07) is 26.9. The maximum Gasteiger partial charge on any atom is 0.123 e. The van der Waals surface area contributed by atoms with E-state index < -0.39 is 8.07 Å². The quantitative estimate of drug-likeness (QED) is 0.243. The van der Waals surface area contributed by atoms with Crippen molar-refractivity contribution in [1.29, 1.82) is 0 Å². The Morgan fingerprint density at radius 2 is 0.919 bits per heavy atom. The lowest BCUT2D eigenvalue weighted by atomic mass is 9.97. The van der Waals surface area contributed by atoms with E-state index in [1.165, 1.54) is 44.5 Å². The van der Waals surface area contributed by atoms with Crippen LogP contribution in [0.5, 0.6) is 0 Å². The van der Waals surface area contributed by atoms with E-state index in [4.69, 9.17) is 0 Å². The molecule has 0 bridgehead atoms. The highest BCUT2D eigenvalue weighted by Crippen LogP contribution is 2.54. The van der Waals surface area contributed by atoms with E-state index in [9.17, 15) is 8.78 Å². The molecule has 0 amide bonds. The van der Waals surface area contributed by atoms with Gasteiger partial charge in [0, 0.05) is 11.1 Å². The van der Waals surface area contributed by atoms with Crippen LogP contribution in [0.3, 0.4) is 0 Å². The van der Waals surface area contributed by atoms with Gasteiger partial charge < -0.3 is 0 Å². The van der Waals surface area contributed by atoms with Gasteiger partial charge in [0.25, 0.3) is 0 Å². The Labute approximate surface area is 219 Å². The lowest BCUT2D eigenvalue weighted by Crippen LogP contribution is -2.42. The van der Waals surface area contributed by atoms with Crippen LogP contribution in [0, 0.1) is 11.6 Å². The molecule has 0 heterocycles. The smallest absolute Gasteiger partial charge is 0.123 e. The number of fused-ring (bicyclic) bond motifs is 2. The zero-order chi connectivity index (χ0) is 25.9. The van der Waals surface area contributed by atoms with E-state index in [2.05, 4.69) is 75.5 Å². The van der Waals surface area contributed by atoms with Crippen LogP contribution >= 0.6 is 0 Å². The van der Waals surface area contributed by atoms with Crippen LogP contribution in [-0.2, 0) is 0 Å². The molecule has 4 aromatic carbocycles. The third-order valence-corrected chi connectivity index (χ3v) is 12.9. The minimum atomic E-state index is -1.99.